The van der Waals surface area contributed by atoms with E-state index in [1.807, 2.05) is 36.3 Å². The second-order valence-electron chi connectivity index (χ2n) is 9.17. The number of carbonyl (C=O) groups excluding carboxylic acids is 1. The molecular weight excluding hydrogens is 493 g/mol. The van der Waals surface area contributed by atoms with E-state index >= 15 is 0 Å². The fourth-order valence-corrected chi connectivity index (χ4v) is 4.30. The molecule has 194 valence electrons. The van der Waals surface area contributed by atoms with Gasteiger partial charge < -0.3 is 10.2 Å². The lowest BCUT2D eigenvalue weighted by atomic mass is 10.0. The number of nitrogens with one attached hydrogen (secondary N) is 1. The molecule has 10 heteroatoms. The van der Waals surface area contributed by atoms with E-state index in [1.54, 1.807) is 22.8 Å². The zero-order valence-electron chi connectivity index (χ0n) is 20.7. The van der Waals surface area contributed by atoms with Crippen molar-refractivity contribution < 1.29 is 18.0 Å². The number of benzene rings is 1. The normalized spacial score (nSPS) is 14.7. The molecule has 38 heavy (non-hydrogen) atoms. The van der Waals surface area contributed by atoms with Gasteiger partial charge in [0.25, 0.3) is 5.91 Å². The van der Waals surface area contributed by atoms with Crippen LogP contribution in [0.4, 0.5) is 19.0 Å². The van der Waals surface area contributed by atoms with Crippen LogP contribution in [0.2, 0.25) is 0 Å². The molecule has 0 unspecified atom stereocenters. The van der Waals surface area contributed by atoms with Gasteiger partial charge in [0.2, 0.25) is 0 Å². The van der Waals surface area contributed by atoms with Crippen LogP contribution in [0.5, 0.6) is 0 Å². The number of aromatic nitrogens is 3. The molecule has 7 nitrogen and oxygen atoms in total. The molecule has 0 spiro atoms. The molecule has 1 aliphatic rings. The van der Waals surface area contributed by atoms with Gasteiger partial charge in [0, 0.05) is 56.2 Å². The van der Waals surface area contributed by atoms with Gasteiger partial charge in [0.15, 0.2) is 0 Å². The van der Waals surface area contributed by atoms with Crippen LogP contribution >= 0.6 is 0 Å². The Morgan fingerprint density at radius 1 is 1.05 bits per heavy atom. The minimum Gasteiger partial charge on any atom is -0.307 e. The zero-order valence-corrected chi connectivity index (χ0v) is 20.7. The maximum Gasteiger partial charge on any atom is 0.416 e. The molecule has 0 aliphatic carbocycles. The molecule has 0 saturated carbocycles. The molecule has 4 aromatic rings. The molecule has 1 aliphatic heterocycles. The Balaban J connectivity index is 1.32. The molecule has 0 atom stereocenters. The second-order valence-corrected chi connectivity index (χ2v) is 9.17. The number of piperazine rings is 1. The number of hydrogen-bond donors (Lipinski definition) is 1. The van der Waals surface area contributed by atoms with E-state index in [1.165, 1.54) is 18.3 Å². The molecule has 1 fully saturated rings. The van der Waals surface area contributed by atoms with Gasteiger partial charge in [-0.1, -0.05) is 24.0 Å². The topological polar surface area (TPSA) is 65.8 Å². The van der Waals surface area contributed by atoms with Crippen LogP contribution in [0.25, 0.3) is 5.52 Å². The van der Waals surface area contributed by atoms with Crippen molar-refractivity contribution in [3.8, 4) is 11.8 Å². The second kappa shape index (κ2) is 10.7. The lowest BCUT2D eigenvalue weighted by Crippen LogP contribution is -2.44. The summed E-state index contributed by atoms with van der Waals surface area (Å²) in [6.07, 6.45) is 0.391. The third-order valence-electron chi connectivity index (χ3n) is 6.44. The number of halogens is 3. The van der Waals surface area contributed by atoms with Crippen LogP contribution in [0, 0.1) is 11.8 Å². The van der Waals surface area contributed by atoms with Crippen LogP contribution in [-0.2, 0) is 12.7 Å². The summed E-state index contributed by atoms with van der Waals surface area (Å²) >= 11 is 0. The summed E-state index contributed by atoms with van der Waals surface area (Å²) < 4.78 is 43.4. The van der Waals surface area contributed by atoms with Crippen LogP contribution in [0.3, 0.4) is 0 Å². The molecule has 1 saturated heterocycles. The summed E-state index contributed by atoms with van der Waals surface area (Å²) in [5.41, 5.74) is 1.45. The Labute approximate surface area is 217 Å². The number of alkyl halides is 3. The quantitative estimate of drug-likeness (QED) is 0.412. The number of nitrogens with zero attached hydrogens (tertiary/aromatic N) is 5. The standard InChI is InChI=1S/C28H25F3N6O/c1-35-12-14-36(15-13-35)19-23-8-7-21(17-24(23)28(29,30)31)27(38)34-26-16-20(9-10-32-26)5-6-22-18-33-37-11-3-2-4-25(22)37/h2-4,7-11,16-18H,12-15,19H2,1H3,(H,32,34,38). The summed E-state index contributed by atoms with van der Waals surface area (Å²) in [7, 11) is 1.99. The van der Waals surface area contributed by atoms with E-state index in [4.69, 9.17) is 0 Å². The first-order valence-corrected chi connectivity index (χ1v) is 12.1. The average molecular weight is 519 g/mol. The predicted octanol–water partition coefficient (Wildman–Crippen LogP) is 4.15. The minimum atomic E-state index is -4.58. The number of amides is 1. The third kappa shape index (κ3) is 5.85. The first-order chi connectivity index (χ1) is 18.3. The van der Waals surface area contributed by atoms with Gasteiger partial charge in [-0.15, -0.1) is 0 Å². The fourth-order valence-electron chi connectivity index (χ4n) is 4.30. The third-order valence-corrected chi connectivity index (χ3v) is 6.44. The van der Waals surface area contributed by atoms with Crippen molar-refractivity contribution in [1.82, 2.24) is 24.4 Å². The average Bonchev–Trinajstić information content (AvgIpc) is 3.32. The highest BCUT2D eigenvalue weighted by Crippen LogP contribution is 2.33. The SMILES string of the molecule is CN1CCN(Cc2ccc(C(=O)Nc3cc(C#Cc4cnn5ccccc45)ccn3)cc2C(F)(F)F)CC1. The molecule has 1 aromatic carbocycles. The van der Waals surface area contributed by atoms with E-state index in [-0.39, 0.29) is 23.5 Å². The Morgan fingerprint density at radius 2 is 1.87 bits per heavy atom. The number of likely N-dealkylation sites (N-methyl/N-ethyl adjacent to an activating group) is 1. The highest BCUT2D eigenvalue weighted by molar-refractivity contribution is 6.04. The lowest BCUT2D eigenvalue weighted by Gasteiger charge is -2.33. The van der Waals surface area contributed by atoms with E-state index in [9.17, 15) is 18.0 Å². The molecule has 1 N–H and O–H groups in total. The molecule has 3 aromatic heterocycles. The first-order valence-electron chi connectivity index (χ1n) is 12.1. The van der Waals surface area contributed by atoms with Crippen molar-refractivity contribution in [3.63, 3.8) is 0 Å². The lowest BCUT2D eigenvalue weighted by molar-refractivity contribution is -0.138. The van der Waals surface area contributed by atoms with Gasteiger partial charge in [0.05, 0.1) is 22.8 Å². The van der Waals surface area contributed by atoms with Crippen molar-refractivity contribution in [1.29, 1.82) is 0 Å². The van der Waals surface area contributed by atoms with Crippen molar-refractivity contribution in [2.75, 3.05) is 38.5 Å². The van der Waals surface area contributed by atoms with Gasteiger partial charge in [-0.3, -0.25) is 9.69 Å². The van der Waals surface area contributed by atoms with Crippen molar-refractivity contribution in [3.05, 3.63) is 94.9 Å². The van der Waals surface area contributed by atoms with Gasteiger partial charge in [-0.05, 0) is 49.0 Å². The molecular formula is C28H25F3N6O. The van der Waals surface area contributed by atoms with Gasteiger partial charge in [-0.2, -0.15) is 18.3 Å². The van der Waals surface area contributed by atoms with Crippen LogP contribution in [0.1, 0.15) is 32.6 Å². The number of pyridine rings is 2. The van der Waals surface area contributed by atoms with Crippen molar-refractivity contribution in [2.24, 2.45) is 0 Å². The number of rotatable bonds is 4. The maximum absolute atomic E-state index is 13.9. The zero-order chi connectivity index (χ0) is 26.7. The summed E-state index contributed by atoms with van der Waals surface area (Å²) in [6, 6.07) is 12.6. The molecule has 0 radical (unpaired) electrons. The Hall–Kier alpha value is -4.20. The van der Waals surface area contributed by atoms with Crippen LogP contribution < -0.4 is 5.32 Å². The summed E-state index contributed by atoms with van der Waals surface area (Å²) in [4.78, 5) is 21.1. The maximum atomic E-state index is 13.9. The summed E-state index contributed by atoms with van der Waals surface area (Å²) in [6.45, 7) is 3.17. The monoisotopic (exact) mass is 518 g/mol. The minimum absolute atomic E-state index is 0.0934. The van der Waals surface area contributed by atoms with Crippen LogP contribution in [0.15, 0.2) is 67.1 Å². The van der Waals surface area contributed by atoms with Gasteiger partial charge in [-0.25, -0.2) is 9.50 Å². The summed E-state index contributed by atoms with van der Waals surface area (Å²) in [5, 5.41) is 6.84. The largest absolute Gasteiger partial charge is 0.416 e. The Kier molecular flexibility index (Phi) is 7.13. The van der Waals surface area contributed by atoms with Gasteiger partial charge >= 0.3 is 6.18 Å². The van der Waals surface area contributed by atoms with Crippen molar-refractivity contribution in [2.45, 2.75) is 12.7 Å². The number of carbonyl (C=O) groups is 1. The Bertz CT molecular complexity index is 1530. The molecule has 1 amide bonds. The molecule has 0 bridgehead atoms. The molecule has 5 rings (SSSR count). The van der Waals surface area contributed by atoms with Crippen molar-refractivity contribution >= 4 is 17.2 Å². The predicted molar refractivity (Wildman–Crippen MR) is 138 cm³/mol. The highest BCUT2D eigenvalue weighted by Gasteiger charge is 2.34. The molecule has 4 heterocycles. The highest BCUT2D eigenvalue weighted by atomic mass is 19.4. The van der Waals surface area contributed by atoms with Crippen LogP contribution in [-0.4, -0.2) is 63.5 Å². The Morgan fingerprint density at radius 3 is 2.66 bits per heavy atom. The van der Waals surface area contributed by atoms with E-state index < -0.39 is 17.6 Å². The van der Waals surface area contributed by atoms with E-state index in [0.29, 0.717) is 18.7 Å². The number of hydrogen-bond acceptors (Lipinski definition) is 5. The fraction of sp³-hybridized carbons (Fsp3) is 0.250. The number of fused-ring (bicyclic) bond motifs is 1. The number of anilines is 1. The van der Waals surface area contributed by atoms with E-state index in [2.05, 4.69) is 32.1 Å². The summed E-state index contributed by atoms with van der Waals surface area (Å²) in [5.74, 6) is 5.59. The smallest absolute Gasteiger partial charge is 0.307 e. The van der Waals surface area contributed by atoms with E-state index in [0.717, 1.165) is 30.2 Å². The first kappa shape index (κ1) is 25.4. The van der Waals surface area contributed by atoms with Gasteiger partial charge in [0.1, 0.15) is 5.82 Å².